The average Bonchev–Trinajstić information content (AvgIpc) is 2.97. The van der Waals surface area contributed by atoms with E-state index < -0.39 is 25.6 Å². The van der Waals surface area contributed by atoms with E-state index in [1.807, 2.05) is 30.3 Å². The Labute approximate surface area is 232 Å². The molecule has 210 valence electrons. The summed E-state index contributed by atoms with van der Waals surface area (Å²) < 4.78 is 60.9. The van der Waals surface area contributed by atoms with Crippen LogP contribution in [0.2, 0.25) is 0 Å². The van der Waals surface area contributed by atoms with Crippen LogP contribution in [-0.2, 0) is 31.2 Å². The zero-order valence-corrected chi connectivity index (χ0v) is 23.5. The number of nitrogens with zero attached hydrogens (tertiary/aromatic N) is 3. The summed E-state index contributed by atoms with van der Waals surface area (Å²) in [7, 11) is -7.01. The van der Waals surface area contributed by atoms with Crippen molar-refractivity contribution in [2.45, 2.75) is 35.3 Å². The molecule has 0 amide bonds. The van der Waals surface area contributed by atoms with Gasteiger partial charge in [0.25, 0.3) is 0 Å². The third-order valence-corrected chi connectivity index (χ3v) is 10.0. The highest BCUT2D eigenvalue weighted by atomic mass is 32.2. The summed E-state index contributed by atoms with van der Waals surface area (Å²) >= 11 is 0. The van der Waals surface area contributed by atoms with Gasteiger partial charge in [-0.05, 0) is 55.3 Å². The molecule has 0 atom stereocenters. The number of sulfonamides is 1. The Balaban J connectivity index is 0.000000244. The molecular weight excluding hydrogens is 554 g/mol. The monoisotopic (exact) mass is 583 g/mol. The molecule has 0 N–H and O–H groups in total. The minimum Gasteiger partial charge on any atom is -0.416 e. The fourth-order valence-corrected chi connectivity index (χ4v) is 6.97. The molecule has 0 spiro atoms. The third-order valence-electron chi connectivity index (χ3n) is 6.98. The second-order valence-electron chi connectivity index (χ2n) is 9.63. The number of anilines is 1. The van der Waals surface area contributed by atoms with Crippen molar-refractivity contribution in [3.05, 3.63) is 95.2 Å². The summed E-state index contributed by atoms with van der Waals surface area (Å²) in [6.07, 6.45) is 3.92. The van der Waals surface area contributed by atoms with Crippen LogP contribution in [0, 0.1) is 0 Å². The Kier molecular flexibility index (Phi) is 8.04. The van der Waals surface area contributed by atoms with E-state index in [4.69, 9.17) is 4.74 Å². The number of benzene rings is 3. The highest BCUT2D eigenvalue weighted by molar-refractivity contribution is 7.90. The minimum absolute atomic E-state index is 0.110. The van der Waals surface area contributed by atoms with Crippen molar-refractivity contribution < 1.29 is 26.0 Å². The van der Waals surface area contributed by atoms with Gasteiger partial charge < -0.3 is 14.1 Å². The summed E-state index contributed by atoms with van der Waals surface area (Å²) in [5.41, 5.74) is 2.99. The second-order valence-corrected chi connectivity index (χ2v) is 13.6. The lowest BCUT2D eigenvalue weighted by molar-refractivity contribution is 0.0988. The van der Waals surface area contributed by atoms with E-state index in [1.54, 1.807) is 6.07 Å². The van der Waals surface area contributed by atoms with Gasteiger partial charge in [0.2, 0.25) is 10.0 Å². The van der Waals surface area contributed by atoms with E-state index in [0.29, 0.717) is 44.8 Å². The summed E-state index contributed by atoms with van der Waals surface area (Å²) in [5, 5.41) is 0.840. The zero-order chi connectivity index (χ0) is 28.3. The van der Waals surface area contributed by atoms with Crippen molar-refractivity contribution in [1.82, 2.24) is 9.29 Å². The Hall–Kier alpha value is -3.58. The predicted octanol–water partition coefficient (Wildman–Crippen LogP) is 3.43. The van der Waals surface area contributed by atoms with Gasteiger partial charge in [0.05, 0.1) is 21.9 Å². The second kappa shape index (κ2) is 11.5. The largest absolute Gasteiger partial charge is 0.439 e. The van der Waals surface area contributed by atoms with Crippen LogP contribution in [0.5, 0.6) is 0 Å². The molecule has 0 bridgehead atoms. The summed E-state index contributed by atoms with van der Waals surface area (Å²) in [6, 6.07) is 21.1. The molecule has 0 unspecified atom stereocenters. The van der Waals surface area contributed by atoms with Crippen LogP contribution in [0.1, 0.15) is 18.4 Å². The smallest absolute Gasteiger partial charge is 0.416 e. The fraction of sp³-hybridized carbons (Fsp3) is 0.286. The van der Waals surface area contributed by atoms with Gasteiger partial charge in [0, 0.05) is 42.0 Å². The van der Waals surface area contributed by atoms with Crippen molar-refractivity contribution in [2.75, 3.05) is 31.0 Å². The highest BCUT2D eigenvalue weighted by Crippen LogP contribution is 2.32. The Bertz CT molecular complexity index is 1760. The molecule has 1 fully saturated rings. The fourth-order valence-electron chi connectivity index (χ4n) is 4.87. The van der Waals surface area contributed by atoms with E-state index in [0.717, 1.165) is 22.9 Å². The molecule has 2 aliphatic rings. The van der Waals surface area contributed by atoms with E-state index in [9.17, 15) is 21.6 Å². The maximum absolute atomic E-state index is 13.0. The van der Waals surface area contributed by atoms with E-state index in [1.165, 1.54) is 34.8 Å². The van der Waals surface area contributed by atoms with Gasteiger partial charge in [-0.25, -0.2) is 21.6 Å². The van der Waals surface area contributed by atoms with Crippen LogP contribution >= 0.6 is 0 Å². The molecule has 0 saturated carbocycles. The molecule has 1 saturated heterocycles. The van der Waals surface area contributed by atoms with Crippen LogP contribution in [0.4, 0.5) is 5.69 Å². The molecule has 0 radical (unpaired) electrons. The zero-order valence-electron chi connectivity index (χ0n) is 21.8. The molecule has 1 aromatic heterocycles. The number of ether oxygens (including phenoxy) is 1. The van der Waals surface area contributed by atoms with Crippen molar-refractivity contribution in [3.8, 4) is 0 Å². The SMILES string of the molecule is CS(=O)(=O)c1ccc(S(=O)(=O)N2CCC(N3COCc4ccccc43)CC2)cc1.O=c1nc2ccccc2co1. The summed E-state index contributed by atoms with van der Waals surface area (Å²) in [5.74, 6) is -0.552. The van der Waals surface area contributed by atoms with Crippen molar-refractivity contribution in [3.63, 3.8) is 0 Å². The summed E-state index contributed by atoms with van der Waals surface area (Å²) in [4.78, 5) is 16.7. The molecule has 10 nitrogen and oxygen atoms in total. The summed E-state index contributed by atoms with van der Waals surface area (Å²) in [6.45, 7) is 1.95. The Morgan fingerprint density at radius 2 is 1.50 bits per heavy atom. The Morgan fingerprint density at radius 3 is 2.23 bits per heavy atom. The van der Waals surface area contributed by atoms with Gasteiger partial charge in [-0.15, -0.1) is 0 Å². The first-order valence-corrected chi connectivity index (χ1v) is 16.0. The third kappa shape index (κ3) is 6.09. The van der Waals surface area contributed by atoms with Crippen molar-refractivity contribution in [2.24, 2.45) is 0 Å². The quantitative estimate of drug-likeness (QED) is 0.355. The number of fused-ring (bicyclic) bond motifs is 2. The topological polar surface area (TPSA) is 127 Å². The molecule has 40 heavy (non-hydrogen) atoms. The van der Waals surface area contributed by atoms with E-state index in [-0.39, 0.29) is 15.8 Å². The minimum atomic E-state index is -3.65. The maximum atomic E-state index is 13.0. The van der Waals surface area contributed by atoms with Crippen LogP contribution in [0.25, 0.3) is 10.9 Å². The van der Waals surface area contributed by atoms with Gasteiger partial charge in [-0.2, -0.15) is 9.29 Å². The molecule has 0 aliphatic carbocycles. The van der Waals surface area contributed by atoms with Crippen LogP contribution in [-0.4, -0.2) is 58.2 Å². The molecular formula is C28H29N3O7S2. The lowest BCUT2D eigenvalue weighted by Gasteiger charge is -2.41. The first kappa shape index (κ1) is 28.0. The first-order chi connectivity index (χ1) is 19.1. The number of rotatable bonds is 4. The van der Waals surface area contributed by atoms with Gasteiger partial charge in [-0.1, -0.05) is 30.3 Å². The number of piperidine rings is 1. The van der Waals surface area contributed by atoms with Gasteiger partial charge in [0.15, 0.2) is 9.84 Å². The number of sulfone groups is 1. The molecule has 12 heteroatoms. The number of aromatic nitrogens is 1. The van der Waals surface area contributed by atoms with Crippen LogP contribution in [0.3, 0.4) is 0 Å². The number of hydrogen-bond donors (Lipinski definition) is 0. The number of para-hydroxylation sites is 2. The highest BCUT2D eigenvalue weighted by Gasteiger charge is 2.33. The van der Waals surface area contributed by atoms with Gasteiger partial charge >= 0.3 is 5.76 Å². The van der Waals surface area contributed by atoms with Gasteiger partial charge in [0.1, 0.15) is 13.0 Å². The predicted molar refractivity (Wildman–Crippen MR) is 150 cm³/mol. The van der Waals surface area contributed by atoms with Crippen LogP contribution < -0.4 is 10.7 Å². The lowest BCUT2D eigenvalue weighted by atomic mass is 10.0. The van der Waals surface area contributed by atoms with Crippen molar-refractivity contribution >= 4 is 36.5 Å². The normalized spacial score (nSPS) is 16.7. The molecule has 3 aromatic carbocycles. The maximum Gasteiger partial charge on any atom is 0.439 e. The number of hydrogen-bond acceptors (Lipinski definition) is 9. The molecule has 2 aliphatic heterocycles. The molecule has 6 rings (SSSR count). The average molecular weight is 584 g/mol. The van der Waals surface area contributed by atoms with Gasteiger partial charge in [-0.3, -0.25) is 0 Å². The molecule has 3 heterocycles. The van der Waals surface area contributed by atoms with E-state index >= 15 is 0 Å². The van der Waals surface area contributed by atoms with Crippen LogP contribution in [0.15, 0.2) is 98.1 Å². The first-order valence-electron chi connectivity index (χ1n) is 12.7. The lowest BCUT2D eigenvalue weighted by Crippen LogP contribution is -2.48. The molecule has 4 aromatic rings. The Morgan fingerprint density at radius 1 is 0.850 bits per heavy atom. The standard InChI is InChI=1S/C20H24N2O5S2.C8H5NO2/c1-28(23,24)18-6-8-19(9-7-18)29(25,26)21-12-10-17(11-13-21)22-15-27-14-16-4-2-3-5-20(16)22;10-8-9-7-4-2-1-3-6(7)5-11-8/h2-9,17H,10-15H2,1H3;1-5H. The van der Waals surface area contributed by atoms with E-state index in [2.05, 4.69) is 26.4 Å². The van der Waals surface area contributed by atoms with Crippen molar-refractivity contribution in [1.29, 1.82) is 0 Å².